The molecule has 0 aliphatic rings. The average molecular weight is 275 g/mol. The second-order valence-electron chi connectivity index (χ2n) is 4.80. The van der Waals surface area contributed by atoms with Crippen LogP contribution in [0.5, 0.6) is 11.6 Å². The Morgan fingerprint density at radius 2 is 2.05 bits per heavy atom. The molecule has 0 saturated carbocycles. The fraction of sp³-hybridized carbons (Fsp3) is 0.312. The highest BCUT2D eigenvalue weighted by molar-refractivity contribution is 5.37. The van der Waals surface area contributed by atoms with Crippen molar-refractivity contribution in [3.63, 3.8) is 0 Å². The van der Waals surface area contributed by atoms with E-state index in [2.05, 4.69) is 4.98 Å². The summed E-state index contributed by atoms with van der Waals surface area (Å²) in [6, 6.07) is 8.32. The maximum absolute atomic E-state index is 13.4. The molecule has 4 heteroatoms. The van der Waals surface area contributed by atoms with E-state index in [9.17, 15) is 4.39 Å². The number of halogens is 1. The molecule has 2 aromatic rings. The maximum atomic E-state index is 13.4. The van der Waals surface area contributed by atoms with Crippen LogP contribution < -0.4 is 9.47 Å². The first-order valence-electron chi connectivity index (χ1n) is 6.52. The third kappa shape index (κ3) is 3.26. The van der Waals surface area contributed by atoms with Gasteiger partial charge >= 0.3 is 0 Å². The van der Waals surface area contributed by atoms with Gasteiger partial charge in [-0.25, -0.2) is 9.37 Å². The van der Waals surface area contributed by atoms with Gasteiger partial charge in [0.05, 0.1) is 12.7 Å². The molecule has 1 heterocycles. The number of nitrogens with zero attached hydrogens (tertiary/aromatic N) is 1. The zero-order valence-corrected chi connectivity index (χ0v) is 11.9. The summed E-state index contributed by atoms with van der Waals surface area (Å²) in [6.45, 7) is 4.38. The van der Waals surface area contributed by atoms with Gasteiger partial charge in [0.2, 0.25) is 5.88 Å². The highest BCUT2D eigenvalue weighted by atomic mass is 19.1. The Morgan fingerprint density at radius 1 is 1.25 bits per heavy atom. The van der Waals surface area contributed by atoms with Crippen molar-refractivity contribution < 1.29 is 13.9 Å². The molecule has 0 saturated heterocycles. The summed E-state index contributed by atoms with van der Waals surface area (Å²) in [5, 5.41) is 0. The van der Waals surface area contributed by atoms with Crippen molar-refractivity contribution in [2.75, 3.05) is 7.11 Å². The zero-order valence-electron chi connectivity index (χ0n) is 11.9. The smallest absolute Gasteiger partial charge is 0.219 e. The Bertz CT molecular complexity index is 584. The summed E-state index contributed by atoms with van der Waals surface area (Å²) in [5.41, 5.74) is 1.81. The summed E-state index contributed by atoms with van der Waals surface area (Å²) in [6.07, 6.45) is 1.66. The van der Waals surface area contributed by atoms with Gasteiger partial charge in [-0.1, -0.05) is 19.9 Å². The van der Waals surface area contributed by atoms with Crippen molar-refractivity contribution in [3.8, 4) is 11.6 Å². The highest BCUT2D eigenvalue weighted by Gasteiger charge is 2.11. The lowest BCUT2D eigenvalue weighted by atomic mass is 10.0. The normalized spacial score (nSPS) is 10.7. The Hall–Kier alpha value is -2.10. The lowest BCUT2D eigenvalue weighted by Gasteiger charge is -2.15. The Morgan fingerprint density at radius 3 is 2.75 bits per heavy atom. The van der Waals surface area contributed by atoms with E-state index in [0.29, 0.717) is 18.2 Å². The molecule has 20 heavy (non-hydrogen) atoms. The van der Waals surface area contributed by atoms with E-state index in [1.54, 1.807) is 19.4 Å². The van der Waals surface area contributed by atoms with E-state index in [0.717, 1.165) is 11.1 Å². The minimum Gasteiger partial charge on any atom is -0.488 e. The molecule has 0 N–H and O–H groups in total. The molecule has 1 aromatic heterocycles. The van der Waals surface area contributed by atoms with Crippen molar-refractivity contribution >= 4 is 0 Å². The van der Waals surface area contributed by atoms with Gasteiger partial charge < -0.3 is 9.47 Å². The molecule has 1 aromatic carbocycles. The molecule has 0 unspecified atom stereocenters. The molecular formula is C16H18FNO2. The molecule has 0 fully saturated rings. The molecule has 0 amide bonds. The topological polar surface area (TPSA) is 31.4 Å². The number of pyridine rings is 1. The second kappa shape index (κ2) is 6.37. The molecule has 0 bridgehead atoms. The number of methoxy groups -OCH3 is 1. The first-order chi connectivity index (χ1) is 9.61. The van der Waals surface area contributed by atoms with Gasteiger partial charge in [0.25, 0.3) is 0 Å². The fourth-order valence-corrected chi connectivity index (χ4v) is 1.98. The van der Waals surface area contributed by atoms with Gasteiger partial charge in [-0.05, 0) is 29.7 Å². The van der Waals surface area contributed by atoms with E-state index < -0.39 is 0 Å². The number of hydrogen-bond acceptors (Lipinski definition) is 3. The van der Waals surface area contributed by atoms with Gasteiger partial charge in [0.15, 0.2) is 0 Å². The SMILES string of the molecule is COc1ncccc1COc1cc(F)ccc1C(C)C. The van der Waals surface area contributed by atoms with Crippen molar-refractivity contribution in [2.45, 2.75) is 26.4 Å². The van der Waals surface area contributed by atoms with Gasteiger partial charge in [-0.15, -0.1) is 0 Å². The van der Waals surface area contributed by atoms with Crippen LogP contribution in [0.3, 0.4) is 0 Å². The largest absolute Gasteiger partial charge is 0.488 e. The molecule has 2 rings (SSSR count). The number of aromatic nitrogens is 1. The van der Waals surface area contributed by atoms with E-state index >= 15 is 0 Å². The van der Waals surface area contributed by atoms with Gasteiger partial charge in [-0.3, -0.25) is 0 Å². The van der Waals surface area contributed by atoms with Crippen LogP contribution in [0.2, 0.25) is 0 Å². The predicted molar refractivity (Wildman–Crippen MR) is 75.6 cm³/mol. The number of rotatable bonds is 5. The van der Waals surface area contributed by atoms with Gasteiger partial charge in [-0.2, -0.15) is 0 Å². The fourth-order valence-electron chi connectivity index (χ4n) is 1.98. The van der Waals surface area contributed by atoms with Crippen LogP contribution in [-0.2, 0) is 6.61 Å². The van der Waals surface area contributed by atoms with Gasteiger partial charge in [0, 0.05) is 12.3 Å². The van der Waals surface area contributed by atoms with Crippen molar-refractivity contribution in [3.05, 3.63) is 53.5 Å². The third-order valence-electron chi connectivity index (χ3n) is 3.02. The number of benzene rings is 1. The zero-order chi connectivity index (χ0) is 14.5. The van der Waals surface area contributed by atoms with Crippen LogP contribution in [0.25, 0.3) is 0 Å². The summed E-state index contributed by atoms with van der Waals surface area (Å²) in [4.78, 5) is 4.11. The Balaban J connectivity index is 2.20. The first-order valence-corrected chi connectivity index (χ1v) is 6.52. The lowest BCUT2D eigenvalue weighted by Crippen LogP contribution is -2.03. The summed E-state index contributed by atoms with van der Waals surface area (Å²) in [5.74, 6) is 1.05. The molecule has 0 aliphatic heterocycles. The summed E-state index contributed by atoms with van der Waals surface area (Å²) < 4.78 is 24.3. The molecule has 0 aliphatic carbocycles. The highest BCUT2D eigenvalue weighted by Crippen LogP contribution is 2.28. The van der Waals surface area contributed by atoms with Gasteiger partial charge in [0.1, 0.15) is 18.2 Å². The van der Waals surface area contributed by atoms with Crippen LogP contribution in [-0.4, -0.2) is 12.1 Å². The monoisotopic (exact) mass is 275 g/mol. The maximum Gasteiger partial charge on any atom is 0.219 e. The lowest BCUT2D eigenvalue weighted by molar-refractivity contribution is 0.289. The van der Waals surface area contributed by atoms with E-state index in [1.165, 1.54) is 12.1 Å². The average Bonchev–Trinajstić information content (AvgIpc) is 2.45. The predicted octanol–water partition coefficient (Wildman–Crippen LogP) is 3.93. The Kier molecular flexibility index (Phi) is 4.56. The minimum atomic E-state index is -0.303. The van der Waals surface area contributed by atoms with Crippen LogP contribution in [0, 0.1) is 5.82 Å². The van der Waals surface area contributed by atoms with E-state index in [-0.39, 0.29) is 11.7 Å². The molecule has 0 spiro atoms. The number of ether oxygens (including phenoxy) is 2. The third-order valence-corrected chi connectivity index (χ3v) is 3.02. The molecule has 0 radical (unpaired) electrons. The molecule has 0 atom stereocenters. The molecule has 106 valence electrons. The molecular weight excluding hydrogens is 257 g/mol. The van der Waals surface area contributed by atoms with Crippen molar-refractivity contribution in [1.82, 2.24) is 4.98 Å². The summed E-state index contributed by atoms with van der Waals surface area (Å²) >= 11 is 0. The Labute approximate surface area is 118 Å². The first kappa shape index (κ1) is 14.3. The van der Waals surface area contributed by atoms with Crippen LogP contribution in [0.4, 0.5) is 4.39 Å². The van der Waals surface area contributed by atoms with E-state index in [4.69, 9.17) is 9.47 Å². The van der Waals surface area contributed by atoms with Crippen molar-refractivity contribution in [1.29, 1.82) is 0 Å². The molecule has 3 nitrogen and oxygen atoms in total. The van der Waals surface area contributed by atoms with Crippen LogP contribution in [0.1, 0.15) is 30.9 Å². The van der Waals surface area contributed by atoms with Crippen LogP contribution in [0.15, 0.2) is 36.5 Å². The van der Waals surface area contributed by atoms with E-state index in [1.807, 2.05) is 26.0 Å². The summed E-state index contributed by atoms with van der Waals surface area (Å²) in [7, 11) is 1.56. The van der Waals surface area contributed by atoms with Crippen LogP contribution >= 0.6 is 0 Å². The van der Waals surface area contributed by atoms with Crippen molar-refractivity contribution in [2.24, 2.45) is 0 Å². The second-order valence-corrected chi connectivity index (χ2v) is 4.80. The minimum absolute atomic E-state index is 0.265. The number of hydrogen-bond donors (Lipinski definition) is 0. The standard InChI is InChI=1S/C16H18FNO2/c1-11(2)14-7-6-13(17)9-15(14)20-10-12-5-4-8-18-16(12)19-3/h4-9,11H,10H2,1-3H3. The quantitative estimate of drug-likeness (QED) is 0.828.